The van der Waals surface area contributed by atoms with Gasteiger partial charge in [-0.2, -0.15) is 0 Å². The largest absolute Gasteiger partial charge is 0.490 e. The number of hydrogen-bond acceptors (Lipinski definition) is 4. The summed E-state index contributed by atoms with van der Waals surface area (Å²) in [4.78, 5) is 16.5. The molecule has 3 aromatic carbocycles. The molecule has 1 N–H and O–H groups in total. The Morgan fingerprint density at radius 3 is 2.36 bits per heavy atom. The minimum absolute atomic E-state index is 0.0222. The SMILES string of the molecule is O=C(O)Cc1cccc(OCCON=C(CC2CCC2)c2ccc(-c3ccccc3)cc2)c1. The summed E-state index contributed by atoms with van der Waals surface area (Å²) in [5.74, 6) is 0.447. The topological polar surface area (TPSA) is 68.1 Å². The maximum absolute atomic E-state index is 10.9. The summed E-state index contributed by atoms with van der Waals surface area (Å²) >= 11 is 0. The number of hydrogen-bond donors (Lipinski definition) is 1. The van der Waals surface area contributed by atoms with Crippen LogP contribution < -0.4 is 4.74 Å². The molecule has 1 fully saturated rings. The second kappa shape index (κ2) is 11.3. The molecule has 170 valence electrons. The lowest BCUT2D eigenvalue weighted by Gasteiger charge is -2.25. The van der Waals surface area contributed by atoms with Crippen LogP contribution in [0.5, 0.6) is 5.75 Å². The highest BCUT2D eigenvalue weighted by atomic mass is 16.6. The summed E-state index contributed by atoms with van der Waals surface area (Å²) in [5.41, 5.74) is 5.15. The first-order chi connectivity index (χ1) is 16.2. The molecule has 0 atom stereocenters. The Kier molecular flexibility index (Phi) is 7.75. The summed E-state index contributed by atoms with van der Waals surface area (Å²) < 4.78 is 5.71. The van der Waals surface area contributed by atoms with E-state index in [-0.39, 0.29) is 6.42 Å². The van der Waals surface area contributed by atoms with Crippen LogP contribution in [0.1, 0.15) is 36.8 Å². The average molecular weight is 444 g/mol. The van der Waals surface area contributed by atoms with Crippen molar-refractivity contribution in [1.29, 1.82) is 0 Å². The van der Waals surface area contributed by atoms with Gasteiger partial charge in [0.05, 0.1) is 12.1 Å². The normalized spacial score (nSPS) is 13.9. The van der Waals surface area contributed by atoms with Gasteiger partial charge in [0.15, 0.2) is 6.61 Å². The Hall–Kier alpha value is -3.60. The molecule has 0 aromatic heterocycles. The van der Waals surface area contributed by atoms with E-state index in [0.717, 1.165) is 17.7 Å². The van der Waals surface area contributed by atoms with Crippen LogP contribution in [0, 0.1) is 5.92 Å². The van der Waals surface area contributed by atoms with Gasteiger partial charge in [-0.25, -0.2) is 0 Å². The van der Waals surface area contributed by atoms with Crippen molar-refractivity contribution in [3.8, 4) is 16.9 Å². The van der Waals surface area contributed by atoms with Crippen molar-refractivity contribution in [2.45, 2.75) is 32.1 Å². The average Bonchev–Trinajstić information content (AvgIpc) is 2.80. The molecule has 0 bridgehead atoms. The minimum atomic E-state index is -0.861. The van der Waals surface area contributed by atoms with Crippen molar-refractivity contribution >= 4 is 11.7 Å². The lowest BCUT2D eigenvalue weighted by molar-refractivity contribution is -0.136. The Morgan fingerprint density at radius 2 is 1.67 bits per heavy atom. The first-order valence-electron chi connectivity index (χ1n) is 11.5. The maximum atomic E-state index is 10.9. The van der Waals surface area contributed by atoms with Crippen LogP contribution in [-0.4, -0.2) is 30.0 Å². The Labute approximate surface area is 194 Å². The van der Waals surface area contributed by atoms with Crippen LogP contribution in [0.15, 0.2) is 84.0 Å². The van der Waals surface area contributed by atoms with Gasteiger partial charge in [0, 0.05) is 0 Å². The molecule has 1 aliphatic rings. The number of nitrogens with zero attached hydrogens (tertiary/aromatic N) is 1. The molecule has 0 amide bonds. The van der Waals surface area contributed by atoms with Gasteiger partial charge in [-0.3, -0.25) is 4.79 Å². The number of carbonyl (C=O) groups is 1. The minimum Gasteiger partial charge on any atom is -0.490 e. The van der Waals surface area contributed by atoms with E-state index in [1.165, 1.54) is 30.4 Å². The number of benzene rings is 3. The molecule has 1 aliphatic carbocycles. The maximum Gasteiger partial charge on any atom is 0.307 e. The fourth-order valence-electron chi connectivity index (χ4n) is 3.90. The molecular weight excluding hydrogens is 414 g/mol. The smallest absolute Gasteiger partial charge is 0.307 e. The zero-order valence-corrected chi connectivity index (χ0v) is 18.7. The lowest BCUT2D eigenvalue weighted by atomic mass is 9.80. The van der Waals surface area contributed by atoms with Crippen molar-refractivity contribution in [3.05, 3.63) is 90.0 Å². The van der Waals surface area contributed by atoms with Gasteiger partial charge in [-0.05, 0) is 46.7 Å². The molecule has 0 aliphatic heterocycles. The molecule has 4 rings (SSSR count). The summed E-state index contributed by atoms with van der Waals surface area (Å²) in [6.45, 7) is 0.656. The van der Waals surface area contributed by atoms with Crippen LogP contribution in [-0.2, 0) is 16.1 Å². The number of aliphatic carboxylic acids is 1. The molecule has 1 saturated carbocycles. The second-order valence-electron chi connectivity index (χ2n) is 8.38. The molecule has 0 heterocycles. The van der Waals surface area contributed by atoms with Gasteiger partial charge in [-0.15, -0.1) is 0 Å². The Morgan fingerprint density at radius 1 is 0.909 bits per heavy atom. The number of rotatable bonds is 11. The van der Waals surface area contributed by atoms with Crippen molar-refractivity contribution in [2.24, 2.45) is 11.1 Å². The van der Waals surface area contributed by atoms with Crippen molar-refractivity contribution in [1.82, 2.24) is 0 Å². The number of carboxylic acids is 1. The predicted octanol–water partition coefficient (Wildman–Crippen LogP) is 5.97. The fraction of sp³-hybridized carbons (Fsp3) is 0.286. The van der Waals surface area contributed by atoms with Crippen LogP contribution in [0.2, 0.25) is 0 Å². The molecule has 0 radical (unpaired) electrons. The van der Waals surface area contributed by atoms with Crippen LogP contribution in [0.3, 0.4) is 0 Å². The standard InChI is InChI=1S/C28H29NO4/c30-28(31)20-22-8-5-11-26(18-22)32-16-17-33-29-27(19-21-6-4-7-21)25-14-12-24(13-15-25)23-9-2-1-3-10-23/h1-3,5,8-15,18,21H,4,6-7,16-17,19-20H2,(H,30,31). The first kappa shape index (κ1) is 22.6. The predicted molar refractivity (Wildman–Crippen MR) is 130 cm³/mol. The molecule has 0 unspecified atom stereocenters. The molecule has 0 saturated heterocycles. The van der Waals surface area contributed by atoms with E-state index < -0.39 is 5.97 Å². The van der Waals surface area contributed by atoms with Gasteiger partial charge in [-0.1, -0.05) is 91.1 Å². The van der Waals surface area contributed by atoms with Gasteiger partial charge in [0.25, 0.3) is 0 Å². The van der Waals surface area contributed by atoms with E-state index in [9.17, 15) is 4.79 Å². The zero-order chi connectivity index (χ0) is 22.9. The number of oxime groups is 1. The lowest BCUT2D eigenvalue weighted by Crippen LogP contribution is -2.17. The highest BCUT2D eigenvalue weighted by Crippen LogP contribution is 2.31. The van der Waals surface area contributed by atoms with Gasteiger partial charge in [0.1, 0.15) is 12.4 Å². The van der Waals surface area contributed by atoms with Crippen molar-refractivity contribution < 1.29 is 19.5 Å². The van der Waals surface area contributed by atoms with Gasteiger partial charge >= 0.3 is 5.97 Å². The zero-order valence-electron chi connectivity index (χ0n) is 18.7. The van der Waals surface area contributed by atoms with E-state index >= 15 is 0 Å². The molecule has 0 spiro atoms. The fourth-order valence-corrected chi connectivity index (χ4v) is 3.90. The summed E-state index contributed by atoms with van der Waals surface area (Å²) in [7, 11) is 0. The summed E-state index contributed by atoms with van der Waals surface area (Å²) in [6.07, 6.45) is 4.68. The highest BCUT2D eigenvalue weighted by Gasteiger charge is 2.21. The molecular formula is C28H29NO4. The van der Waals surface area contributed by atoms with E-state index in [4.69, 9.17) is 14.7 Å². The van der Waals surface area contributed by atoms with Gasteiger partial charge in [0.2, 0.25) is 0 Å². The monoisotopic (exact) mass is 443 g/mol. The second-order valence-corrected chi connectivity index (χ2v) is 8.38. The summed E-state index contributed by atoms with van der Waals surface area (Å²) in [6, 6.07) is 26.0. The first-order valence-corrected chi connectivity index (χ1v) is 11.5. The van der Waals surface area contributed by atoms with E-state index in [2.05, 4.69) is 41.6 Å². The quantitative estimate of drug-likeness (QED) is 0.225. The molecule has 5 nitrogen and oxygen atoms in total. The molecule has 3 aromatic rings. The number of carboxylic acid groups (broad SMARTS) is 1. The molecule has 5 heteroatoms. The Bertz CT molecular complexity index is 1070. The third-order valence-corrected chi connectivity index (χ3v) is 5.90. The summed E-state index contributed by atoms with van der Waals surface area (Å²) in [5, 5.41) is 13.4. The number of ether oxygens (including phenoxy) is 1. The Balaban J connectivity index is 1.35. The van der Waals surface area contributed by atoms with Crippen molar-refractivity contribution in [3.63, 3.8) is 0 Å². The van der Waals surface area contributed by atoms with E-state index in [0.29, 0.717) is 30.4 Å². The van der Waals surface area contributed by atoms with Crippen LogP contribution in [0.25, 0.3) is 11.1 Å². The third-order valence-electron chi connectivity index (χ3n) is 5.90. The molecule has 33 heavy (non-hydrogen) atoms. The van der Waals surface area contributed by atoms with Crippen molar-refractivity contribution in [2.75, 3.05) is 13.2 Å². The van der Waals surface area contributed by atoms with E-state index in [1.807, 2.05) is 24.3 Å². The van der Waals surface area contributed by atoms with Gasteiger partial charge < -0.3 is 14.7 Å². The highest BCUT2D eigenvalue weighted by molar-refractivity contribution is 6.00. The van der Waals surface area contributed by atoms with Crippen LogP contribution in [0.4, 0.5) is 0 Å². The van der Waals surface area contributed by atoms with E-state index in [1.54, 1.807) is 18.2 Å². The van der Waals surface area contributed by atoms with Crippen LogP contribution >= 0.6 is 0 Å². The third kappa shape index (κ3) is 6.69.